The van der Waals surface area contributed by atoms with Gasteiger partial charge in [0.25, 0.3) is 0 Å². The second kappa shape index (κ2) is 6.80. The Morgan fingerprint density at radius 2 is 2.12 bits per heavy atom. The molecule has 24 heavy (non-hydrogen) atoms. The van der Waals surface area contributed by atoms with Crippen molar-refractivity contribution in [1.29, 1.82) is 0 Å². The van der Waals surface area contributed by atoms with Crippen LogP contribution < -0.4 is 0 Å². The number of hydrogen-bond acceptors (Lipinski definition) is 7. The van der Waals surface area contributed by atoms with Gasteiger partial charge in [-0.2, -0.15) is 0 Å². The number of rotatable bonds is 4. The fourth-order valence-electron chi connectivity index (χ4n) is 2.72. The molecule has 3 aromatic rings. The van der Waals surface area contributed by atoms with Crippen LogP contribution in [0.25, 0.3) is 11.5 Å². The summed E-state index contributed by atoms with van der Waals surface area (Å²) < 4.78 is 11.7. The van der Waals surface area contributed by atoms with Gasteiger partial charge in [0.2, 0.25) is 11.8 Å². The Kier molecular flexibility index (Phi) is 4.38. The largest absolute Gasteiger partial charge is 0.419 e. The molecule has 1 atom stereocenters. The highest BCUT2D eigenvalue weighted by atomic mass is 32.1. The molecule has 1 aliphatic heterocycles. The van der Waals surface area contributed by atoms with E-state index in [1.165, 1.54) is 0 Å². The van der Waals surface area contributed by atoms with Gasteiger partial charge in [-0.1, -0.05) is 18.2 Å². The molecule has 7 heteroatoms. The molecule has 0 amide bonds. The van der Waals surface area contributed by atoms with Gasteiger partial charge in [0.1, 0.15) is 11.1 Å². The molecule has 0 radical (unpaired) electrons. The highest BCUT2D eigenvalue weighted by molar-refractivity contribution is 7.09. The maximum atomic E-state index is 5.86. The maximum absolute atomic E-state index is 5.86. The summed E-state index contributed by atoms with van der Waals surface area (Å²) in [4.78, 5) is 6.81. The lowest BCUT2D eigenvalue weighted by atomic mass is 10.2. The first-order chi connectivity index (χ1) is 11.8. The molecule has 0 unspecified atom stereocenters. The Morgan fingerprint density at radius 3 is 2.92 bits per heavy atom. The van der Waals surface area contributed by atoms with E-state index in [1.54, 1.807) is 11.3 Å². The number of aryl methyl sites for hydroxylation is 1. The van der Waals surface area contributed by atoms with Gasteiger partial charge < -0.3 is 9.15 Å². The number of morpholine rings is 1. The molecule has 4 rings (SSSR count). The van der Waals surface area contributed by atoms with Gasteiger partial charge in [-0.05, 0) is 19.1 Å². The van der Waals surface area contributed by atoms with E-state index in [0.29, 0.717) is 24.9 Å². The molecule has 0 aliphatic carbocycles. The van der Waals surface area contributed by atoms with Crippen LogP contribution in [0.2, 0.25) is 0 Å². The van der Waals surface area contributed by atoms with E-state index in [4.69, 9.17) is 9.15 Å². The number of benzene rings is 1. The lowest BCUT2D eigenvalue weighted by molar-refractivity contribution is -0.0352. The van der Waals surface area contributed by atoms with Crippen LogP contribution in [0.15, 0.2) is 40.1 Å². The van der Waals surface area contributed by atoms with Crippen molar-refractivity contribution in [2.24, 2.45) is 0 Å². The molecule has 1 saturated heterocycles. The standard InChI is InChI=1S/C17H18N4O2S/c1-12-11-24-17(18-12)14-9-21(7-8-22-14)10-15-19-20-16(23-15)13-5-3-2-4-6-13/h2-6,11,14H,7-10H2,1H3/t14-/m1/s1. The third-order valence-electron chi connectivity index (χ3n) is 3.91. The van der Waals surface area contributed by atoms with Crippen LogP contribution >= 0.6 is 11.3 Å². The second-order valence-electron chi connectivity index (χ2n) is 5.79. The number of hydrogen-bond donors (Lipinski definition) is 0. The fraction of sp³-hybridized carbons (Fsp3) is 0.353. The Hall–Kier alpha value is -2.09. The summed E-state index contributed by atoms with van der Waals surface area (Å²) in [6, 6.07) is 9.82. The van der Waals surface area contributed by atoms with E-state index in [9.17, 15) is 0 Å². The average Bonchev–Trinajstić information content (AvgIpc) is 3.25. The van der Waals surface area contributed by atoms with Gasteiger partial charge in [-0.15, -0.1) is 21.5 Å². The number of nitrogens with zero attached hydrogens (tertiary/aromatic N) is 4. The Labute approximate surface area is 144 Å². The van der Waals surface area contributed by atoms with Crippen LogP contribution in [0.5, 0.6) is 0 Å². The van der Waals surface area contributed by atoms with Gasteiger partial charge in [0.15, 0.2) is 0 Å². The van der Waals surface area contributed by atoms with Gasteiger partial charge in [0.05, 0.1) is 13.2 Å². The third-order valence-corrected chi connectivity index (χ3v) is 4.96. The number of ether oxygens (including phenoxy) is 1. The van der Waals surface area contributed by atoms with Crippen molar-refractivity contribution in [3.63, 3.8) is 0 Å². The quantitative estimate of drug-likeness (QED) is 0.726. The minimum absolute atomic E-state index is 0.0222. The normalized spacial score (nSPS) is 18.8. The van der Waals surface area contributed by atoms with Crippen LogP contribution in [0, 0.1) is 6.92 Å². The van der Waals surface area contributed by atoms with E-state index < -0.39 is 0 Å². The lowest BCUT2D eigenvalue weighted by Gasteiger charge is -2.30. The number of aromatic nitrogens is 3. The van der Waals surface area contributed by atoms with Crippen molar-refractivity contribution in [2.75, 3.05) is 19.7 Å². The molecular formula is C17H18N4O2S. The molecule has 0 bridgehead atoms. The first kappa shape index (κ1) is 15.4. The molecule has 0 saturated carbocycles. The molecular weight excluding hydrogens is 324 g/mol. The van der Waals surface area contributed by atoms with E-state index in [-0.39, 0.29) is 6.10 Å². The smallest absolute Gasteiger partial charge is 0.247 e. The van der Waals surface area contributed by atoms with Crippen molar-refractivity contribution in [3.05, 3.63) is 52.3 Å². The van der Waals surface area contributed by atoms with Crippen molar-refractivity contribution in [3.8, 4) is 11.5 Å². The SMILES string of the molecule is Cc1csc([C@H]2CN(Cc3nnc(-c4ccccc4)o3)CCO2)n1. The van der Waals surface area contributed by atoms with Gasteiger partial charge in [-0.3, -0.25) is 4.90 Å². The molecule has 6 nitrogen and oxygen atoms in total. The van der Waals surface area contributed by atoms with Gasteiger partial charge in [0, 0.05) is 29.7 Å². The monoisotopic (exact) mass is 342 g/mol. The van der Waals surface area contributed by atoms with Crippen molar-refractivity contribution in [2.45, 2.75) is 19.6 Å². The predicted molar refractivity (Wildman–Crippen MR) is 90.6 cm³/mol. The Morgan fingerprint density at radius 1 is 1.25 bits per heavy atom. The minimum atomic E-state index is 0.0222. The molecule has 0 spiro atoms. The van der Waals surface area contributed by atoms with E-state index in [2.05, 4.69) is 25.5 Å². The van der Waals surface area contributed by atoms with Crippen molar-refractivity contribution < 1.29 is 9.15 Å². The zero-order valence-corrected chi connectivity index (χ0v) is 14.2. The van der Waals surface area contributed by atoms with Crippen molar-refractivity contribution in [1.82, 2.24) is 20.1 Å². The van der Waals surface area contributed by atoms with E-state index in [1.807, 2.05) is 37.3 Å². The summed E-state index contributed by atoms with van der Waals surface area (Å²) in [5.74, 6) is 1.19. The Bertz CT molecular complexity index is 802. The van der Waals surface area contributed by atoms with Crippen LogP contribution in [0.1, 0.15) is 22.7 Å². The molecule has 1 aromatic carbocycles. The zero-order valence-electron chi connectivity index (χ0n) is 13.4. The molecule has 1 aliphatic rings. The first-order valence-electron chi connectivity index (χ1n) is 7.92. The molecule has 3 heterocycles. The summed E-state index contributed by atoms with van der Waals surface area (Å²) in [5.41, 5.74) is 1.98. The molecule has 124 valence electrons. The summed E-state index contributed by atoms with van der Waals surface area (Å²) in [7, 11) is 0. The minimum Gasteiger partial charge on any atom is -0.419 e. The lowest BCUT2D eigenvalue weighted by Crippen LogP contribution is -2.37. The van der Waals surface area contributed by atoms with Crippen LogP contribution in [0.3, 0.4) is 0 Å². The molecule has 0 N–H and O–H groups in total. The van der Waals surface area contributed by atoms with Crippen LogP contribution in [0.4, 0.5) is 0 Å². The van der Waals surface area contributed by atoms with E-state index in [0.717, 1.165) is 29.4 Å². The number of thiazole rings is 1. The highest BCUT2D eigenvalue weighted by Crippen LogP contribution is 2.26. The molecule has 1 fully saturated rings. The second-order valence-corrected chi connectivity index (χ2v) is 6.68. The van der Waals surface area contributed by atoms with Crippen molar-refractivity contribution >= 4 is 11.3 Å². The van der Waals surface area contributed by atoms with Gasteiger partial charge in [-0.25, -0.2) is 4.98 Å². The average molecular weight is 342 g/mol. The summed E-state index contributed by atoms with van der Waals surface area (Å²) in [6.07, 6.45) is 0.0222. The fourth-order valence-corrected chi connectivity index (χ4v) is 3.56. The maximum Gasteiger partial charge on any atom is 0.247 e. The van der Waals surface area contributed by atoms with E-state index >= 15 is 0 Å². The molecule has 2 aromatic heterocycles. The summed E-state index contributed by atoms with van der Waals surface area (Å²) in [6.45, 7) is 4.96. The third kappa shape index (κ3) is 3.38. The van der Waals surface area contributed by atoms with Gasteiger partial charge >= 0.3 is 0 Å². The Balaban J connectivity index is 1.43. The van der Waals surface area contributed by atoms with Crippen LogP contribution in [-0.2, 0) is 11.3 Å². The highest BCUT2D eigenvalue weighted by Gasteiger charge is 2.25. The summed E-state index contributed by atoms with van der Waals surface area (Å²) in [5, 5.41) is 11.4. The summed E-state index contributed by atoms with van der Waals surface area (Å²) >= 11 is 1.65. The topological polar surface area (TPSA) is 64.3 Å². The predicted octanol–water partition coefficient (Wildman–Crippen LogP) is 3.08. The van der Waals surface area contributed by atoms with Crippen LogP contribution in [-0.4, -0.2) is 39.8 Å². The zero-order chi connectivity index (χ0) is 16.4. The first-order valence-corrected chi connectivity index (χ1v) is 8.80.